The fraction of sp³-hybridized carbons (Fsp3) is 0.786. The van der Waals surface area contributed by atoms with Crippen LogP contribution < -0.4 is 0 Å². The van der Waals surface area contributed by atoms with Gasteiger partial charge in [-0.2, -0.15) is 0 Å². The first kappa shape index (κ1) is 18.1. The Morgan fingerprint density at radius 2 is 1.90 bits per heavy atom. The summed E-state index contributed by atoms with van der Waals surface area (Å²) in [4.78, 5) is 16.1. The van der Waals surface area contributed by atoms with E-state index in [1.54, 1.807) is 4.90 Å². The van der Waals surface area contributed by atoms with E-state index in [1.165, 1.54) is 10.6 Å². The number of carbonyl (C=O) groups excluding carboxylic acids is 1. The number of hydrogen-bond acceptors (Lipinski definition) is 4. The second-order valence-electron chi connectivity index (χ2n) is 5.66. The number of carbonyl (C=O) groups is 1. The van der Waals surface area contributed by atoms with Crippen molar-refractivity contribution < 1.29 is 13.2 Å². The highest BCUT2D eigenvalue weighted by molar-refractivity contribution is 7.88. The quantitative estimate of drug-likeness (QED) is 0.665. The first-order valence-electron chi connectivity index (χ1n) is 7.33. The summed E-state index contributed by atoms with van der Waals surface area (Å²) in [6.07, 6.45) is 1.99. The number of likely N-dealkylation sites (N-methyl/N-ethyl adjacent to an activating group) is 1. The second-order valence-corrected chi connectivity index (χ2v) is 7.64. The zero-order chi connectivity index (χ0) is 16.0. The fourth-order valence-electron chi connectivity index (χ4n) is 2.43. The van der Waals surface area contributed by atoms with Crippen LogP contribution in [-0.2, 0) is 14.8 Å². The van der Waals surface area contributed by atoms with Crippen LogP contribution in [0.5, 0.6) is 0 Å². The summed E-state index contributed by atoms with van der Waals surface area (Å²) in [5.74, 6) is 0.0771. The van der Waals surface area contributed by atoms with Gasteiger partial charge < -0.3 is 4.90 Å². The average molecular weight is 317 g/mol. The van der Waals surface area contributed by atoms with Crippen molar-refractivity contribution >= 4 is 15.9 Å². The number of hydrogen-bond donors (Lipinski definition) is 0. The summed E-state index contributed by atoms with van der Waals surface area (Å²) >= 11 is 0. The Hall–Kier alpha value is -0.920. The molecule has 0 radical (unpaired) electrons. The maximum absolute atomic E-state index is 12.3. The van der Waals surface area contributed by atoms with Crippen LogP contribution in [0.25, 0.3) is 0 Å². The number of rotatable bonds is 6. The van der Waals surface area contributed by atoms with Crippen molar-refractivity contribution in [3.63, 3.8) is 0 Å². The molecule has 1 amide bonds. The Bertz CT molecular complexity index is 476. The summed E-state index contributed by atoms with van der Waals surface area (Å²) < 4.78 is 24.6. The molecule has 0 spiro atoms. The molecular formula is C14H27N3O3S. The summed E-state index contributed by atoms with van der Waals surface area (Å²) in [6.45, 7) is 11.6. The zero-order valence-electron chi connectivity index (χ0n) is 13.3. The van der Waals surface area contributed by atoms with E-state index < -0.39 is 10.0 Å². The Kier molecular flexibility index (Phi) is 6.83. The van der Waals surface area contributed by atoms with Crippen LogP contribution in [0.15, 0.2) is 12.2 Å². The summed E-state index contributed by atoms with van der Waals surface area (Å²) in [7, 11) is -3.14. The third-order valence-corrected chi connectivity index (χ3v) is 4.87. The van der Waals surface area contributed by atoms with E-state index in [1.807, 2.05) is 18.7 Å². The smallest absolute Gasteiger partial charge is 0.237 e. The minimum absolute atomic E-state index is 0.0771. The molecule has 1 aliphatic heterocycles. The highest BCUT2D eigenvalue weighted by atomic mass is 32.2. The summed E-state index contributed by atoms with van der Waals surface area (Å²) in [5.41, 5.74) is 0.962. The van der Waals surface area contributed by atoms with Crippen molar-refractivity contribution in [3.05, 3.63) is 12.2 Å². The van der Waals surface area contributed by atoms with Gasteiger partial charge in [0.1, 0.15) is 0 Å². The molecule has 0 saturated carbocycles. The standard InChI is InChI=1S/C14H27N3O3S/c1-5-16(11-13(2)3)14(18)12-15-7-6-8-17(10-9-15)21(4,19)20/h2,5-12H2,1,3-4H3. The lowest BCUT2D eigenvalue weighted by Crippen LogP contribution is -2.42. The predicted molar refractivity (Wildman–Crippen MR) is 84.5 cm³/mol. The highest BCUT2D eigenvalue weighted by Gasteiger charge is 2.23. The van der Waals surface area contributed by atoms with E-state index in [4.69, 9.17) is 0 Å². The van der Waals surface area contributed by atoms with Gasteiger partial charge in [0.2, 0.25) is 15.9 Å². The van der Waals surface area contributed by atoms with Gasteiger partial charge in [-0.25, -0.2) is 12.7 Å². The Morgan fingerprint density at radius 3 is 2.43 bits per heavy atom. The molecule has 0 N–H and O–H groups in total. The lowest BCUT2D eigenvalue weighted by atomic mass is 10.3. The normalized spacial score (nSPS) is 18.2. The van der Waals surface area contributed by atoms with Crippen LogP contribution in [-0.4, -0.2) is 80.5 Å². The van der Waals surface area contributed by atoms with Gasteiger partial charge in [-0.3, -0.25) is 9.69 Å². The van der Waals surface area contributed by atoms with Crippen molar-refractivity contribution in [2.24, 2.45) is 0 Å². The van der Waals surface area contributed by atoms with E-state index in [0.29, 0.717) is 39.3 Å². The first-order chi connectivity index (χ1) is 9.74. The maximum atomic E-state index is 12.3. The van der Waals surface area contributed by atoms with Gasteiger partial charge >= 0.3 is 0 Å². The molecule has 1 rings (SSSR count). The van der Waals surface area contributed by atoms with Crippen LogP contribution in [0, 0.1) is 0 Å². The first-order valence-corrected chi connectivity index (χ1v) is 9.18. The van der Waals surface area contributed by atoms with Crippen molar-refractivity contribution in [1.82, 2.24) is 14.1 Å². The number of amides is 1. The van der Waals surface area contributed by atoms with Gasteiger partial charge in [-0.1, -0.05) is 12.2 Å². The van der Waals surface area contributed by atoms with Crippen LogP contribution >= 0.6 is 0 Å². The Balaban J connectivity index is 2.55. The van der Waals surface area contributed by atoms with Crippen molar-refractivity contribution in [1.29, 1.82) is 0 Å². The Labute approximate surface area is 128 Å². The Morgan fingerprint density at radius 1 is 1.24 bits per heavy atom. The third-order valence-electron chi connectivity index (χ3n) is 3.57. The molecule has 6 nitrogen and oxygen atoms in total. The van der Waals surface area contributed by atoms with E-state index in [2.05, 4.69) is 6.58 Å². The van der Waals surface area contributed by atoms with Crippen LogP contribution in [0.1, 0.15) is 20.3 Å². The van der Waals surface area contributed by atoms with Gasteiger partial charge in [-0.05, 0) is 26.8 Å². The summed E-state index contributed by atoms with van der Waals surface area (Å²) in [5, 5.41) is 0. The van der Waals surface area contributed by atoms with Gasteiger partial charge in [0.15, 0.2) is 0 Å². The highest BCUT2D eigenvalue weighted by Crippen LogP contribution is 2.07. The molecule has 7 heteroatoms. The van der Waals surface area contributed by atoms with Crippen molar-refractivity contribution in [3.8, 4) is 0 Å². The van der Waals surface area contributed by atoms with Gasteiger partial charge in [0, 0.05) is 32.7 Å². The average Bonchev–Trinajstić information content (AvgIpc) is 2.60. The van der Waals surface area contributed by atoms with Crippen LogP contribution in [0.3, 0.4) is 0 Å². The molecule has 1 heterocycles. The SMILES string of the molecule is C=C(C)CN(CC)C(=O)CN1CCCN(S(C)(=O)=O)CC1. The molecule has 0 aromatic rings. The van der Waals surface area contributed by atoms with E-state index in [-0.39, 0.29) is 5.91 Å². The third kappa shape index (κ3) is 6.15. The van der Waals surface area contributed by atoms with E-state index in [9.17, 15) is 13.2 Å². The molecule has 1 aliphatic rings. The molecule has 21 heavy (non-hydrogen) atoms. The van der Waals surface area contributed by atoms with E-state index in [0.717, 1.165) is 18.5 Å². The molecule has 0 bridgehead atoms. The largest absolute Gasteiger partial charge is 0.338 e. The van der Waals surface area contributed by atoms with Crippen molar-refractivity contribution in [2.45, 2.75) is 20.3 Å². The number of sulfonamides is 1. The van der Waals surface area contributed by atoms with Gasteiger partial charge in [0.25, 0.3) is 0 Å². The van der Waals surface area contributed by atoms with Crippen LogP contribution in [0.4, 0.5) is 0 Å². The molecule has 0 unspecified atom stereocenters. The maximum Gasteiger partial charge on any atom is 0.237 e. The van der Waals surface area contributed by atoms with Gasteiger partial charge in [-0.15, -0.1) is 0 Å². The minimum atomic E-state index is -3.14. The molecule has 0 atom stereocenters. The number of nitrogens with zero attached hydrogens (tertiary/aromatic N) is 3. The fourth-order valence-corrected chi connectivity index (χ4v) is 3.30. The summed E-state index contributed by atoms with van der Waals surface area (Å²) in [6, 6.07) is 0. The molecule has 122 valence electrons. The lowest BCUT2D eigenvalue weighted by Gasteiger charge is -2.26. The minimum Gasteiger partial charge on any atom is -0.338 e. The molecule has 0 aromatic heterocycles. The predicted octanol–water partition coefficient (Wildman–Crippen LogP) is 0.378. The second kappa shape index (κ2) is 7.91. The van der Waals surface area contributed by atoms with Crippen LogP contribution in [0.2, 0.25) is 0 Å². The molecule has 0 aromatic carbocycles. The van der Waals surface area contributed by atoms with E-state index >= 15 is 0 Å². The topological polar surface area (TPSA) is 60.9 Å². The van der Waals surface area contributed by atoms with Crippen molar-refractivity contribution in [2.75, 3.05) is 52.1 Å². The zero-order valence-corrected chi connectivity index (χ0v) is 14.2. The molecule has 1 saturated heterocycles. The monoisotopic (exact) mass is 317 g/mol. The lowest BCUT2D eigenvalue weighted by molar-refractivity contribution is -0.131. The molecular weight excluding hydrogens is 290 g/mol. The molecule has 0 aliphatic carbocycles. The van der Waals surface area contributed by atoms with Gasteiger partial charge in [0.05, 0.1) is 12.8 Å². The molecule has 1 fully saturated rings.